The fourth-order valence-corrected chi connectivity index (χ4v) is 5.07. The van der Waals surface area contributed by atoms with Crippen LogP contribution in [0.5, 0.6) is 0 Å². The van der Waals surface area contributed by atoms with E-state index in [1.165, 1.54) is 21.1 Å². The van der Waals surface area contributed by atoms with Gasteiger partial charge in [0.2, 0.25) is 17.7 Å². The Morgan fingerprint density at radius 2 is 1.27 bits per heavy atom. The van der Waals surface area contributed by atoms with Crippen LogP contribution in [0.1, 0.15) is 54.4 Å². The molecule has 0 bridgehead atoms. The first-order chi connectivity index (χ1) is 26.2. The van der Waals surface area contributed by atoms with Crippen LogP contribution >= 0.6 is 0 Å². The van der Waals surface area contributed by atoms with Crippen molar-refractivity contribution in [3.05, 3.63) is 107 Å². The number of amides is 3. The van der Waals surface area contributed by atoms with Gasteiger partial charge in [0.25, 0.3) is 0 Å². The maximum Gasteiger partial charge on any atom is 0.325 e. The second kappa shape index (κ2) is 23.9. The zero-order valence-electron chi connectivity index (χ0n) is 31.1. The van der Waals surface area contributed by atoms with Crippen molar-refractivity contribution in [2.75, 3.05) is 33.9 Å². The number of nitrogens with two attached hydrogens (primary N) is 2. The quantitative estimate of drug-likeness (QED) is 0.0383. The van der Waals surface area contributed by atoms with Gasteiger partial charge in [0.05, 0.1) is 26.6 Å². The van der Waals surface area contributed by atoms with E-state index in [-0.39, 0.29) is 42.9 Å². The highest BCUT2D eigenvalue weighted by Crippen LogP contribution is 2.25. The number of aliphatic imine (C=N–C) groups is 1. The molecule has 0 saturated carbocycles. The molecule has 16 heteroatoms. The summed E-state index contributed by atoms with van der Waals surface area (Å²) in [5.74, 6) is -4.56. The van der Waals surface area contributed by atoms with Gasteiger partial charge in [-0.15, -0.1) is 0 Å². The van der Waals surface area contributed by atoms with Gasteiger partial charge in [-0.25, -0.2) is 0 Å². The zero-order chi connectivity index (χ0) is 40.8. The number of carboxylic acid groups (broad SMARTS) is 1. The summed E-state index contributed by atoms with van der Waals surface area (Å²) in [6, 6.07) is 24.7. The van der Waals surface area contributed by atoms with Gasteiger partial charge >= 0.3 is 17.9 Å². The lowest BCUT2D eigenvalue weighted by molar-refractivity contribution is -0.151. The maximum atomic E-state index is 13.8. The number of guanidine groups is 1. The molecule has 1 atom stereocenters. The number of ether oxygens (including phenoxy) is 2. The van der Waals surface area contributed by atoms with E-state index in [0.717, 1.165) is 21.6 Å². The molecular formula is C39H48N6O10. The Hall–Kier alpha value is -6.58. The minimum Gasteiger partial charge on any atom is -0.481 e. The molecule has 16 nitrogen and oxygen atoms in total. The molecule has 0 fully saturated rings. The van der Waals surface area contributed by atoms with Crippen LogP contribution in [0.4, 0.5) is 0 Å². The van der Waals surface area contributed by atoms with Crippen LogP contribution in [-0.4, -0.2) is 97.3 Å². The summed E-state index contributed by atoms with van der Waals surface area (Å²) in [6.07, 6.45) is 0.303. The van der Waals surface area contributed by atoms with Crippen molar-refractivity contribution in [2.45, 2.75) is 51.1 Å². The Balaban J connectivity index is 0.00000136. The molecule has 3 aromatic carbocycles. The topological polar surface area (TPSA) is 250 Å². The van der Waals surface area contributed by atoms with Crippen LogP contribution in [0.2, 0.25) is 0 Å². The molecule has 0 aliphatic carbocycles. The minimum atomic E-state index is -1.06. The molecule has 0 saturated heterocycles. The first-order valence-electron chi connectivity index (χ1n) is 17.2. The van der Waals surface area contributed by atoms with E-state index in [1.807, 2.05) is 60.7 Å². The monoisotopic (exact) mass is 760 g/mol. The Bertz CT molecular complexity index is 1700. The number of esters is 2. The number of Topliss-reactive ketones (excluding diaryl/α,β-unsaturated/α-hetero) is 1. The molecule has 7 N–H and O–H groups in total. The summed E-state index contributed by atoms with van der Waals surface area (Å²) in [4.78, 5) is 88.1. The number of benzene rings is 3. The second-order valence-electron chi connectivity index (χ2n) is 12.2. The van der Waals surface area contributed by atoms with E-state index in [0.29, 0.717) is 24.9 Å². The maximum absolute atomic E-state index is 13.8. The lowest BCUT2D eigenvalue weighted by Gasteiger charge is -2.23. The van der Waals surface area contributed by atoms with Crippen LogP contribution in [0.15, 0.2) is 89.9 Å². The van der Waals surface area contributed by atoms with Crippen molar-refractivity contribution >= 4 is 47.4 Å². The number of carboxylic acids is 1. The fraction of sp³-hybridized carbons (Fsp3) is 0.333. The van der Waals surface area contributed by atoms with Gasteiger partial charge in [0.15, 0.2) is 5.96 Å². The molecule has 55 heavy (non-hydrogen) atoms. The van der Waals surface area contributed by atoms with E-state index >= 15 is 0 Å². The van der Waals surface area contributed by atoms with Crippen LogP contribution < -0.4 is 22.1 Å². The Morgan fingerprint density at radius 3 is 1.71 bits per heavy atom. The van der Waals surface area contributed by atoms with Crippen molar-refractivity contribution in [2.24, 2.45) is 16.5 Å². The summed E-state index contributed by atoms with van der Waals surface area (Å²) >= 11 is 0. The largest absolute Gasteiger partial charge is 0.481 e. The SMILES string of the molecule is CC(=O)CC(=O)O.COC(=O)CN(CC(=O)OC)C(=O)Cc1ccc(CNC(=O)[C@@H](CCCN=C(N)N)NC(=O)C(c2ccccc2)c2ccccc2)cc1. The molecule has 0 heterocycles. The molecule has 0 aromatic heterocycles. The van der Waals surface area contributed by atoms with Gasteiger partial charge in [-0.2, -0.15) is 0 Å². The molecule has 0 radical (unpaired) electrons. The Kier molecular flexibility index (Phi) is 19.4. The summed E-state index contributed by atoms with van der Waals surface area (Å²) in [7, 11) is 2.38. The molecule has 294 valence electrons. The van der Waals surface area contributed by atoms with Crippen LogP contribution in [0, 0.1) is 0 Å². The van der Waals surface area contributed by atoms with Crippen molar-refractivity contribution in [3.8, 4) is 0 Å². The normalized spacial score (nSPS) is 10.8. The van der Waals surface area contributed by atoms with E-state index in [2.05, 4.69) is 25.1 Å². The van der Waals surface area contributed by atoms with Crippen LogP contribution in [0.25, 0.3) is 0 Å². The zero-order valence-corrected chi connectivity index (χ0v) is 31.1. The van der Waals surface area contributed by atoms with Crippen molar-refractivity contribution in [3.63, 3.8) is 0 Å². The number of hydrogen-bond acceptors (Lipinski definition) is 10. The molecule has 3 rings (SSSR count). The number of carbonyl (C=O) groups is 7. The van der Waals surface area contributed by atoms with Gasteiger partial charge in [0, 0.05) is 13.1 Å². The lowest BCUT2D eigenvalue weighted by Crippen LogP contribution is -2.48. The van der Waals surface area contributed by atoms with E-state index in [9.17, 15) is 33.6 Å². The standard InChI is InChI=1S/C35H42N6O7.C4H6O3/c1-47-30(43)22-41(23-31(44)48-2)29(42)20-24-15-17-25(18-16-24)21-39-33(45)28(14-9-19-38-35(36)37)40-34(46)32(26-10-5-3-6-11-26)27-12-7-4-8-13-27;1-3(5)2-4(6)7/h3-8,10-13,15-18,28,32H,9,14,19-23H2,1-2H3,(H,39,45)(H,40,46)(H4,36,37,38);2H2,1H3,(H,6,7)/t28-;/m1./s1. The predicted octanol–water partition coefficient (Wildman–Crippen LogP) is 1.44. The molecule has 0 aliphatic heterocycles. The number of nitrogens with one attached hydrogen (secondary N) is 2. The molecule has 0 aliphatic rings. The van der Waals surface area contributed by atoms with E-state index < -0.39 is 48.9 Å². The first-order valence-corrected chi connectivity index (χ1v) is 17.2. The van der Waals surface area contributed by atoms with E-state index in [1.54, 1.807) is 24.3 Å². The molecule has 0 unspecified atom stereocenters. The summed E-state index contributed by atoms with van der Waals surface area (Å²) < 4.78 is 9.25. The van der Waals surface area contributed by atoms with E-state index in [4.69, 9.17) is 16.6 Å². The van der Waals surface area contributed by atoms with Gasteiger partial charge in [0.1, 0.15) is 31.3 Å². The number of aliphatic carboxylic acids is 1. The number of ketones is 1. The fourth-order valence-electron chi connectivity index (χ4n) is 5.07. The highest BCUT2D eigenvalue weighted by atomic mass is 16.5. The molecule has 3 amide bonds. The Labute approximate surface area is 319 Å². The molecular weight excluding hydrogens is 712 g/mol. The predicted molar refractivity (Wildman–Crippen MR) is 202 cm³/mol. The highest BCUT2D eigenvalue weighted by Gasteiger charge is 2.28. The number of carbonyl (C=O) groups excluding carboxylic acids is 6. The second-order valence-corrected chi connectivity index (χ2v) is 12.2. The first kappa shape index (κ1) is 44.6. The number of rotatable bonds is 19. The van der Waals surface area contributed by atoms with Crippen LogP contribution in [-0.2, 0) is 56.0 Å². The van der Waals surface area contributed by atoms with Crippen molar-refractivity contribution in [1.82, 2.24) is 15.5 Å². The average Bonchev–Trinajstić information content (AvgIpc) is 3.15. The summed E-state index contributed by atoms with van der Waals surface area (Å²) in [5.41, 5.74) is 13.9. The van der Waals surface area contributed by atoms with Crippen molar-refractivity contribution in [1.29, 1.82) is 0 Å². The smallest absolute Gasteiger partial charge is 0.325 e. The third-order valence-electron chi connectivity index (χ3n) is 7.80. The lowest BCUT2D eigenvalue weighted by atomic mass is 9.90. The average molecular weight is 761 g/mol. The third kappa shape index (κ3) is 17.2. The van der Waals surface area contributed by atoms with Gasteiger partial charge in [-0.3, -0.25) is 38.6 Å². The summed E-state index contributed by atoms with van der Waals surface area (Å²) in [5, 5.41) is 13.7. The highest BCUT2D eigenvalue weighted by molar-refractivity contribution is 5.93. The summed E-state index contributed by atoms with van der Waals surface area (Å²) in [6.45, 7) is 0.907. The Morgan fingerprint density at radius 1 is 0.764 bits per heavy atom. The van der Waals surface area contributed by atoms with Crippen molar-refractivity contribution < 1.29 is 48.1 Å². The molecule has 0 spiro atoms. The minimum absolute atomic E-state index is 0.0574. The number of hydrogen-bond donors (Lipinski definition) is 5. The van der Waals surface area contributed by atoms with Gasteiger partial charge < -0.3 is 41.6 Å². The van der Waals surface area contributed by atoms with Gasteiger partial charge in [-0.05, 0) is 42.0 Å². The number of methoxy groups -OCH3 is 2. The number of nitrogens with zero attached hydrogens (tertiary/aromatic N) is 2. The molecule has 3 aromatic rings. The third-order valence-corrected chi connectivity index (χ3v) is 7.80. The van der Waals surface area contributed by atoms with Crippen LogP contribution in [0.3, 0.4) is 0 Å². The van der Waals surface area contributed by atoms with Gasteiger partial charge in [-0.1, -0.05) is 84.9 Å².